The van der Waals surface area contributed by atoms with Crippen LogP contribution in [0.4, 0.5) is 0 Å². The van der Waals surface area contributed by atoms with E-state index >= 15 is 0 Å². The Kier molecular flexibility index (Phi) is 6.70. The average molecular weight is 393 g/mol. The monoisotopic (exact) mass is 393 g/mol. The molecule has 0 aromatic heterocycles. The van der Waals surface area contributed by atoms with Crippen LogP contribution in [0.5, 0.6) is 11.5 Å². The number of amides is 1. The highest BCUT2D eigenvalue weighted by molar-refractivity contribution is 5.98. The number of Topliss-reactive ketones (excluding diaryl/α,β-unsaturated/α-hetero) is 1. The van der Waals surface area contributed by atoms with Crippen LogP contribution >= 0.6 is 0 Å². The van der Waals surface area contributed by atoms with E-state index in [0.29, 0.717) is 49.4 Å². The van der Waals surface area contributed by atoms with E-state index in [9.17, 15) is 9.59 Å². The molecule has 1 saturated heterocycles. The highest BCUT2D eigenvalue weighted by Crippen LogP contribution is 2.34. The van der Waals surface area contributed by atoms with Crippen LogP contribution in [-0.4, -0.2) is 43.9 Å². The van der Waals surface area contributed by atoms with Crippen molar-refractivity contribution in [3.63, 3.8) is 0 Å². The van der Waals surface area contributed by atoms with Gasteiger partial charge < -0.3 is 14.4 Å². The number of nitrogens with zero attached hydrogens (tertiary/aromatic N) is 1. The average Bonchev–Trinajstić information content (AvgIpc) is 2.78. The number of hydrogen-bond donors (Lipinski definition) is 0. The molecule has 3 rings (SSSR count). The Balaban J connectivity index is 1.73. The molecular formula is C24H27NO4. The summed E-state index contributed by atoms with van der Waals surface area (Å²) < 4.78 is 10.9. The van der Waals surface area contributed by atoms with E-state index in [0.717, 1.165) is 11.1 Å². The fraction of sp³-hybridized carbons (Fsp3) is 0.333. The first-order chi connectivity index (χ1) is 14.1. The molecule has 2 aromatic carbocycles. The van der Waals surface area contributed by atoms with Crippen molar-refractivity contribution in [3.05, 3.63) is 71.8 Å². The van der Waals surface area contributed by atoms with Gasteiger partial charge in [-0.1, -0.05) is 36.4 Å². The van der Waals surface area contributed by atoms with E-state index < -0.39 is 0 Å². The number of piperidine rings is 1. The predicted molar refractivity (Wildman–Crippen MR) is 113 cm³/mol. The smallest absolute Gasteiger partial charge is 0.254 e. The van der Waals surface area contributed by atoms with E-state index in [1.54, 1.807) is 26.4 Å². The fourth-order valence-corrected chi connectivity index (χ4v) is 3.84. The van der Waals surface area contributed by atoms with E-state index in [1.807, 2.05) is 41.3 Å². The summed E-state index contributed by atoms with van der Waals surface area (Å²) in [6.07, 6.45) is 3.69. The minimum Gasteiger partial charge on any atom is -0.493 e. The van der Waals surface area contributed by atoms with Crippen molar-refractivity contribution in [2.75, 3.05) is 27.3 Å². The summed E-state index contributed by atoms with van der Waals surface area (Å²) in [5.74, 6) is 1.22. The Morgan fingerprint density at radius 2 is 1.76 bits per heavy atom. The predicted octanol–water partition coefficient (Wildman–Crippen LogP) is 4.17. The molecule has 0 saturated carbocycles. The maximum Gasteiger partial charge on any atom is 0.254 e. The van der Waals surface area contributed by atoms with Gasteiger partial charge in [-0.3, -0.25) is 9.59 Å². The number of ether oxygens (including phenoxy) is 2. The zero-order valence-corrected chi connectivity index (χ0v) is 17.0. The van der Waals surface area contributed by atoms with Gasteiger partial charge in [0.1, 0.15) is 0 Å². The van der Waals surface area contributed by atoms with Gasteiger partial charge >= 0.3 is 0 Å². The first kappa shape index (κ1) is 20.6. The number of carbonyl (C=O) groups excluding carboxylic acids is 2. The van der Waals surface area contributed by atoms with E-state index in [2.05, 4.69) is 6.58 Å². The molecule has 1 heterocycles. The standard InChI is InChI=1S/C24H27NO4/c1-4-8-19-15-20(16-21(28-2)23(19)29-3)24(27)25-13-11-18(12-14-25)22(26)17-9-6-5-7-10-17/h4-7,9-10,15-16,18H,1,8,11-14H2,2-3H3. The van der Waals surface area contributed by atoms with Gasteiger partial charge in [0, 0.05) is 35.7 Å². The molecule has 1 amide bonds. The summed E-state index contributed by atoms with van der Waals surface area (Å²) in [6.45, 7) is 4.90. The second-order valence-corrected chi connectivity index (χ2v) is 7.16. The number of ketones is 1. The van der Waals surface area contributed by atoms with E-state index in [4.69, 9.17) is 9.47 Å². The summed E-state index contributed by atoms with van der Waals surface area (Å²) in [7, 11) is 3.14. The Morgan fingerprint density at radius 1 is 1.07 bits per heavy atom. The Morgan fingerprint density at radius 3 is 2.34 bits per heavy atom. The van der Waals surface area contributed by atoms with Crippen molar-refractivity contribution in [2.24, 2.45) is 5.92 Å². The number of methoxy groups -OCH3 is 2. The molecule has 0 radical (unpaired) electrons. The lowest BCUT2D eigenvalue weighted by molar-refractivity contribution is 0.0650. The zero-order valence-electron chi connectivity index (χ0n) is 17.0. The molecule has 2 aromatic rings. The van der Waals surface area contributed by atoms with Crippen molar-refractivity contribution in [1.29, 1.82) is 0 Å². The lowest BCUT2D eigenvalue weighted by atomic mass is 9.88. The second kappa shape index (κ2) is 9.41. The molecular weight excluding hydrogens is 366 g/mol. The molecule has 0 spiro atoms. The lowest BCUT2D eigenvalue weighted by Crippen LogP contribution is -2.40. The topological polar surface area (TPSA) is 55.8 Å². The molecule has 5 heteroatoms. The summed E-state index contributed by atoms with van der Waals surface area (Å²) in [4.78, 5) is 27.6. The number of carbonyl (C=O) groups is 2. The van der Waals surface area contributed by atoms with Crippen molar-refractivity contribution >= 4 is 11.7 Å². The quantitative estimate of drug-likeness (QED) is 0.523. The number of hydrogen-bond acceptors (Lipinski definition) is 4. The second-order valence-electron chi connectivity index (χ2n) is 7.16. The Labute approximate surface area is 171 Å². The van der Waals surface area contributed by atoms with Crippen LogP contribution in [0.3, 0.4) is 0 Å². The molecule has 1 fully saturated rings. The van der Waals surface area contributed by atoms with Crippen LogP contribution in [0.25, 0.3) is 0 Å². The maximum atomic E-state index is 13.1. The third-order valence-electron chi connectivity index (χ3n) is 5.38. The van der Waals surface area contributed by atoms with Gasteiger partial charge in [-0.2, -0.15) is 0 Å². The van der Waals surface area contributed by atoms with E-state index in [-0.39, 0.29) is 17.6 Å². The van der Waals surface area contributed by atoms with Crippen molar-refractivity contribution in [3.8, 4) is 11.5 Å². The van der Waals surface area contributed by atoms with Crippen LogP contribution in [0.15, 0.2) is 55.1 Å². The number of benzene rings is 2. The molecule has 1 aliphatic heterocycles. The molecule has 0 bridgehead atoms. The largest absolute Gasteiger partial charge is 0.493 e. The van der Waals surface area contributed by atoms with Crippen LogP contribution < -0.4 is 9.47 Å². The van der Waals surface area contributed by atoms with Crippen LogP contribution in [0.1, 0.15) is 39.1 Å². The SMILES string of the molecule is C=CCc1cc(C(=O)N2CCC(C(=O)c3ccccc3)CC2)cc(OC)c1OC. The van der Waals surface area contributed by atoms with Crippen LogP contribution in [0.2, 0.25) is 0 Å². The Bertz CT molecular complexity index is 883. The third-order valence-corrected chi connectivity index (χ3v) is 5.38. The summed E-state index contributed by atoms with van der Waals surface area (Å²) in [5, 5.41) is 0. The molecule has 0 aliphatic carbocycles. The number of rotatable bonds is 7. The third kappa shape index (κ3) is 4.50. The lowest BCUT2D eigenvalue weighted by Gasteiger charge is -2.31. The first-order valence-electron chi connectivity index (χ1n) is 9.83. The molecule has 5 nitrogen and oxygen atoms in total. The van der Waals surface area contributed by atoms with E-state index in [1.165, 1.54) is 0 Å². The highest BCUT2D eigenvalue weighted by Gasteiger charge is 2.29. The molecule has 152 valence electrons. The van der Waals surface area contributed by atoms with Gasteiger partial charge in [-0.25, -0.2) is 0 Å². The van der Waals surface area contributed by atoms with Crippen LogP contribution in [0, 0.1) is 5.92 Å². The van der Waals surface area contributed by atoms with Crippen molar-refractivity contribution in [1.82, 2.24) is 4.90 Å². The van der Waals surface area contributed by atoms with Crippen molar-refractivity contribution < 1.29 is 19.1 Å². The zero-order chi connectivity index (χ0) is 20.8. The summed E-state index contributed by atoms with van der Waals surface area (Å²) in [5.41, 5.74) is 2.16. The van der Waals surface area contributed by atoms with Crippen LogP contribution in [-0.2, 0) is 6.42 Å². The molecule has 29 heavy (non-hydrogen) atoms. The Hall–Kier alpha value is -3.08. The van der Waals surface area contributed by atoms with Gasteiger partial charge in [-0.15, -0.1) is 6.58 Å². The van der Waals surface area contributed by atoms with Gasteiger partial charge in [0.25, 0.3) is 5.91 Å². The minimum atomic E-state index is -0.0538. The molecule has 1 aliphatic rings. The minimum absolute atomic E-state index is 0.0387. The van der Waals surface area contributed by atoms with Gasteiger partial charge in [0.05, 0.1) is 14.2 Å². The normalized spacial score (nSPS) is 14.3. The van der Waals surface area contributed by atoms with Gasteiger partial charge in [-0.05, 0) is 31.4 Å². The number of allylic oxidation sites excluding steroid dienone is 1. The maximum absolute atomic E-state index is 13.1. The molecule has 0 atom stereocenters. The van der Waals surface area contributed by atoms with Gasteiger partial charge in [0.15, 0.2) is 17.3 Å². The van der Waals surface area contributed by atoms with Gasteiger partial charge in [0.2, 0.25) is 0 Å². The molecule has 0 unspecified atom stereocenters. The summed E-state index contributed by atoms with van der Waals surface area (Å²) in [6, 6.07) is 12.9. The molecule has 0 N–H and O–H groups in total. The number of likely N-dealkylation sites (tertiary alicyclic amines) is 1. The summed E-state index contributed by atoms with van der Waals surface area (Å²) >= 11 is 0. The highest BCUT2D eigenvalue weighted by atomic mass is 16.5. The fourth-order valence-electron chi connectivity index (χ4n) is 3.84. The first-order valence-corrected chi connectivity index (χ1v) is 9.83. The van der Waals surface area contributed by atoms with Crippen molar-refractivity contribution in [2.45, 2.75) is 19.3 Å².